The summed E-state index contributed by atoms with van der Waals surface area (Å²) >= 11 is 10.4. The van der Waals surface area contributed by atoms with Crippen LogP contribution in [0.3, 0.4) is 0 Å². The molecule has 0 saturated heterocycles. The molecular weight excluding hydrogens is 548 g/mol. The lowest BCUT2D eigenvalue weighted by atomic mass is 9.98. The molecule has 3 nitrogen and oxygen atoms in total. The van der Waals surface area contributed by atoms with Crippen LogP contribution in [0.2, 0.25) is 0 Å². The number of amides is 1. The first-order valence-corrected chi connectivity index (χ1v) is 11.1. The summed E-state index contributed by atoms with van der Waals surface area (Å²) in [6, 6.07) is 23.3. The highest BCUT2D eigenvalue weighted by atomic mass is 79.9. The molecule has 6 heteroatoms. The van der Waals surface area contributed by atoms with Gasteiger partial charge in [-0.1, -0.05) is 72.1 Å². The first kappa shape index (κ1) is 19.6. The lowest BCUT2D eigenvalue weighted by molar-refractivity contribution is 0.0711. The molecular formula is C22H15Br3N2O. The largest absolute Gasteiger partial charge is 0.274 e. The summed E-state index contributed by atoms with van der Waals surface area (Å²) in [5.41, 5.74) is 3.59. The van der Waals surface area contributed by atoms with Crippen molar-refractivity contribution in [1.82, 2.24) is 5.01 Å². The van der Waals surface area contributed by atoms with E-state index in [1.165, 1.54) is 0 Å². The van der Waals surface area contributed by atoms with Gasteiger partial charge in [0.1, 0.15) is 0 Å². The molecule has 1 atom stereocenters. The molecule has 1 aliphatic heterocycles. The molecule has 28 heavy (non-hydrogen) atoms. The van der Waals surface area contributed by atoms with Crippen LogP contribution in [0.15, 0.2) is 91.3 Å². The molecule has 140 valence electrons. The topological polar surface area (TPSA) is 32.7 Å². The Morgan fingerprint density at radius 1 is 0.857 bits per heavy atom. The number of carbonyl (C=O) groups is 1. The summed E-state index contributed by atoms with van der Waals surface area (Å²) in [4.78, 5) is 13.2. The standard InChI is InChI=1S/C22H15Br3N2O/c23-17-8-4-14(5-9-17)20-13-21(16-2-1-3-19(25)12-16)27(26-20)22(28)15-6-10-18(24)11-7-15/h1-12,21H,13H2/t21-/m1/s1. The molecule has 0 N–H and O–H groups in total. The van der Waals surface area contributed by atoms with Crippen LogP contribution in [0.25, 0.3) is 0 Å². The number of carbonyl (C=O) groups excluding carboxylic acids is 1. The molecule has 3 aromatic carbocycles. The van der Waals surface area contributed by atoms with E-state index in [1.54, 1.807) is 5.01 Å². The van der Waals surface area contributed by atoms with Crippen molar-refractivity contribution in [2.24, 2.45) is 5.10 Å². The molecule has 0 aliphatic carbocycles. The van der Waals surface area contributed by atoms with Crippen LogP contribution >= 0.6 is 47.8 Å². The summed E-state index contributed by atoms with van der Waals surface area (Å²) in [5.74, 6) is -0.107. The molecule has 1 aliphatic rings. The van der Waals surface area contributed by atoms with Gasteiger partial charge in [0, 0.05) is 25.4 Å². The maximum Gasteiger partial charge on any atom is 0.274 e. The van der Waals surface area contributed by atoms with Gasteiger partial charge in [0.25, 0.3) is 5.91 Å². The molecule has 3 aromatic rings. The quantitative estimate of drug-likeness (QED) is 0.339. The fourth-order valence-electron chi connectivity index (χ4n) is 3.21. The molecule has 0 unspecified atom stereocenters. The van der Waals surface area contributed by atoms with Crippen molar-refractivity contribution >= 4 is 59.4 Å². The van der Waals surface area contributed by atoms with E-state index in [0.717, 1.165) is 30.3 Å². The van der Waals surface area contributed by atoms with Crippen molar-refractivity contribution in [3.63, 3.8) is 0 Å². The minimum atomic E-state index is -0.146. The number of hydrogen-bond donors (Lipinski definition) is 0. The van der Waals surface area contributed by atoms with Crippen molar-refractivity contribution < 1.29 is 4.79 Å². The Bertz CT molecular complexity index is 1050. The summed E-state index contributed by atoms with van der Waals surface area (Å²) in [5, 5.41) is 6.35. The zero-order valence-electron chi connectivity index (χ0n) is 14.6. The third-order valence-corrected chi connectivity index (χ3v) is 6.17. The number of hydrazone groups is 1. The summed E-state index contributed by atoms with van der Waals surface area (Å²) < 4.78 is 2.94. The molecule has 0 aromatic heterocycles. The maximum atomic E-state index is 13.2. The van der Waals surface area contributed by atoms with E-state index in [9.17, 15) is 4.79 Å². The Hall–Kier alpha value is -1.76. The molecule has 0 fully saturated rings. The molecule has 4 rings (SSSR count). The smallest absolute Gasteiger partial charge is 0.267 e. The van der Waals surface area contributed by atoms with Gasteiger partial charge in [-0.25, -0.2) is 5.01 Å². The number of nitrogens with zero attached hydrogens (tertiary/aromatic N) is 2. The highest BCUT2D eigenvalue weighted by molar-refractivity contribution is 9.11. The molecule has 0 radical (unpaired) electrons. The lowest BCUT2D eigenvalue weighted by Gasteiger charge is -2.22. The van der Waals surface area contributed by atoms with E-state index >= 15 is 0 Å². The predicted molar refractivity (Wildman–Crippen MR) is 122 cm³/mol. The van der Waals surface area contributed by atoms with Gasteiger partial charge >= 0.3 is 0 Å². The van der Waals surface area contributed by atoms with Gasteiger partial charge < -0.3 is 0 Å². The van der Waals surface area contributed by atoms with E-state index in [4.69, 9.17) is 5.10 Å². The average molecular weight is 563 g/mol. The molecule has 1 heterocycles. The third kappa shape index (κ3) is 4.14. The first-order valence-electron chi connectivity index (χ1n) is 8.69. The average Bonchev–Trinajstić information content (AvgIpc) is 3.14. The van der Waals surface area contributed by atoms with Gasteiger partial charge in [0.05, 0.1) is 11.8 Å². The second-order valence-corrected chi connectivity index (χ2v) is 9.23. The van der Waals surface area contributed by atoms with Crippen molar-refractivity contribution in [2.75, 3.05) is 0 Å². The van der Waals surface area contributed by atoms with E-state index in [1.807, 2.05) is 72.8 Å². The minimum Gasteiger partial charge on any atom is -0.267 e. The summed E-state index contributed by atoms with van der Waals surface area (Å²) in [6.45, 7) is 0. The van der Waals surface area contributed by atoms with Crippen molar-refractivity contribution in [2.45, 2.75) is 12.5 Å². The number of hydrogen-bond acceptors (Lipinski definition) is 2. The van der Waals surface area contributed by atoms with Crippen molar-refractivity contribution in [3.8, 4) is 0 Å². The van der Waals surface area contributed by atoms with Crippen LogP contribution in [0.1, 0.15) is 33.9 Å². The van der Waals surface area contributed by atoms with Gasteiger partial charge in [-0.2, -0.15) is 5.10 Å². The van der Waals surface area contributed by atoms with Crippen molar-refractivity contribution in [1.29, 1.82) is 0 Å². The van der Waals surface area contributed by atoms with Crippen LogP contribution in [0, 0.1) is 0 Å². The third-order valence-electron chi connectivity index (χ3n) is 4.62. The number of benzene rings is 3. The van der Waals surface area contributed by atoms with Crippen LogP contribution < -0.4 is 0 Å². The van der Waals surface area contributed by atoms with Gasteiger partial charge in [0.15, 0.2) is 0 Å². The van der Waals surface area contributed by atoms with Crippen molar-refractivity contribution in [3.05, 3.63) is 103 Å². The Morgan fingerprint density at radius 3 is 2.14 bits per heavy atom. The zero-order chi connectivity index (χ0) is 19.7. The Labute approximate surface area is 188 Å². The Morgan fingerprint density at radius 2 is 1.50 bits per heavy atom. The van der Waals surface area contributed by atoms with Crippen LogP contribution in [-0.4, -0.2) is 16.6 Å². The van der Waals surface area contributed by atoms with Gasteiger partial charge in [-0.3, -0.25) is 4.79 Å². The second-order valence-electron chi connectivity index (χ2n) is 6.49. The number of halogens is 3. The maximum absolute atomic E-state index is 13.2. The SMILES string of the molecule is O=C(c1ccc(Br)cc1)N1N=C(c2ccc(Br)cc2)C[C@@H]1c1cccc(Br)c1. The number of rotatable bonds is 3. The minimum absolute atomic E-state index is 0.107. The van der Waals surface area contributed by atoms with Gasteiger partial charge in [-0.15, -0.1) is 0 Å². The normalized spacial score (nSPS) is 16.2. The lowest BCUT2D eigenvalue weighted by Crippen LogP contribution is -2.27. The highest BCUT2D eigenvalue weighted by Crippen LogP contribution is 2.35. The summed E-state index contributed by atoms with van der Waals surface area (Å²) in [6.07, 6.45) is 0.667. The Kier molecular flexibility index (Phi) is 5.80. The van der Waals surface area contributed by atoms with Crippen LogP contribution in [0.4, 0.5) is 0 Å². The van der Waals surface area contributed by atoms with Gasteiger partial charge in [-0.05, 0) is 59.7 Å². The Balaban J connectivity index is 1.73. The van der Waals surface area contributed by atoms with E-state index in [0.29, 0.717) is 12.0 Å². The fraction of sp³-hybridized carbons (Fsp3) is 0.0909. The predicted octanol–water partition coefficient (Wildman–Crippen LogP) is 6.97. The first-order chi connectivity index (χ1) is 13.5. The monoisotopic (exact) mass is 560 g/mol. The molecule has 0 bridgehead atoms. The van der Waals surface area contributed by atoms with E-state index < -0.39 is 0 Å². The van der Waals surface area contributed by atoms with E-state index in [2.05, 4.69) is 47.8 Å². The molecule has 0 saturated carbocycles. The van der Waals surface area contributed by atoms with E-state index in [-0.39, 0.29) is 11.9 Å². The summed E-state index contributed by atoms with van der Waals surface area (Å²) in [7, 11) is 0. The zero-order valence-corrected chi connectivity index (χ0v) is 19.4. The van der Waals surface area contributed by atoms with Crippen LogP contribution in [-0.2, 0) is 0 Å². The van der Waals surface area contributed by atoms with Gasteiger partial charge in [0.2, 0.25) is 0 Å². The molecule has 0 spiro atoms. The fourth-order valence-corrected chi connectivity index (χ4v) is 4.16. The van der Waals surface area contributed by atoms with Crippen LogP contribution in [0.5, 0.6) is 0 Å². The second kappa shape index (κ2) is 8.31. The molecule has 1 amide bonds. The highest BCUT2D eigenvalue weighted by Gasteiger charge is 2.33.